The number of aromatic nitrogens is 3. The molecular weight excluding hydrogens is 395 g/mol. The maximum atomic E-state index is 13.2. The van der Waals surface area contributed by atoms with Crippen LogP contribution in [0.3, 0.4) is 0 Å². The van der Waals surface area contributed by atoms with E-state index in [1.165, 1.54) is 12.1 Å². The maximum absolute atomic E-state index is 13.2. The number of thioether (sulfide) groups is 1. The molecule has 2 heterocycles. The van der Waals surface area contributed by atoms with E-state index in [0.29, 0.717) is 6.04 Å². The number of benzene rings is 1. The van der Waals surface area contributed by atoms with Crippen molar-refractivity contribution in [3.63, 3.8) is 0 Å². The van der Waals surface area contributed by atoms with Crippen LogP contribution in [-0.2, 0) is 7.05 Å². The number of hydrogen-bond donors (Lipinski definition) is 1. The molecule has 3 rings (SSSR count). The van der Waals surface area contributed by atoms with Crippen LogP contribution in [0.4, 0.5) is 4.39 Å². The van der Waals surface area contributed by atoms with Crippen LogP contribution in [0.5, 0.6) is 0 Å². The minimum absolute atomic E-state index is 0.240. The van der Waals surface area contributed by atoms with Gasteiger partial charge in [0.25, 0.3) is 0 Å². The second-order valence-corrected chi connectivity index (χ2v) is 7.98. The first-order chi connectivity index (χ1) is 14.5. The Morgan fingerprint density at radius 3 is 2.33 bits per heavy atom. The monoisotopic (exact) mass is 426 g/mol. The second kappa shape index (κ2) is 12.2. The summed E-state index contributed by atoms with van der Waals surface area (Å²) < 4.78 is 15.3. The molecule has 0 saturated carbocycles. The average molecular weight is 427 g/mol. The number of hydrogen-bond acceptors (Lipinski definition) is 4. The predicted octanol–water partition coefficient (Wildman–Crippen LogP) is 6.31. The Kier molecular flexibility index (Phi) is 9.61. The number of rotatable bonds is 8. The Morgan fingerprint density at radius 2 is 1.80 bits per heavy atom. The van der Waals surface area contributed by atoms with Gasteiger partial charge in [-0.2, -0.15) is 0 Å². The molecular formula is C24H31FN4S. The van der Waals surface area contributed by atoms with E-state index < -0.39 is 0 Å². The predicted molar refractivity (Wildman–Crippen MR) is 126 cm³/mol. The fourth-order valence-electron chi connectivity index (χ4n) is 2.77. The summed E-state index contributed by atoms with van der Waals surface area (Å²) in [6, 6.07) is 11.0. The molecule has 160 valence electrons. The number of halogens is 1. The SMILES string of the molecule is C=CNC(C)CC.CCCSc1nc(-c2ccc(F)cc2)c(-c2ccncc2)n1C. The summed E-state index contributed by atoms with van der Waals surface area (Å²) in [7, 11) is 2.02. The van der Waals surface area contributed by atoms with Crippen LogP contribution in [0.1, 0.15) is 33.6 Å². The molecule has 0 saturated heterocycles. The van der Waals surface area contributed by atoms with Crippen molar-refractivity contribution in [3.05, 3.63) is 67.4 Å². The van der Waals surface area contributed by atoms with Crippen LogP contribution in [0.2, 0.25) is 0 Å². The highest BCUT2D eigenvalue weighted by molar-refractivity contribution is 7.99. The van der Waals surface area contributed by atoms with Gasteiger partial charge in [0.2, 0.25) is 0 Å². The van der Waals surface area contributed by atoms with Crippen LogP contribution in [0, 0.1) is 5.82 Å². The molecule has 0 radical (unpaired) electrons. The van der Waals surface area contributed by atoms with E-state index in [-0.39, 0.29) is 5.82 Å². The van der Waals surface area contributed by atoms with E-state index >= 15 is 0 Å². The van der Waals surface area contributed by atoms with Gasteiger partial charge in [0.1, 0.15) is 5.82 Å². The molecule has 30 heavy (non-hydrogen) atoms. The third-order valence-electron chi connectivity index (χ3n) is 4.58. The highest BCUT2D eigenvalue weighted by Gasteiger charge is 2.18. The van der Waals surface area contributed by atoms with Crippen molar-refractivity contribution in [2.45, 2.75) is 44.8 Å². The Morgan fingerprint density at radius 1 is 1.13 bits per heavy atom. The minimum Gasteiger partial charge on any atom is -0.389 e. The van der Waals surface area contributed by atoms with E-state index in [1.807, 2.05) is 19.2 Å². The number of nitrogens with one attached hydrogen (secondary N) is 1. The summed E-state index contributed by atoms with van der Waals surface area (Å²) in [4.78, 5) is 8.89. The largest absolute Gasteiger partial charge is 0.389 e. The molecule has 0 aliphatic carbocycles. The van der Waals surface area contributed by atoms with Gasteiger partial charge < -0.3 is 9.88 Å². The highest BCUT2D eigenvalue weighted by atomic mass is 32.2. The molecule has 4 nitrogen and oxygen atoms in total. The van der Waals surface area contributed by atoms with E-state index in [9.17, 15) is 4.39 Å². The molecule has 0 aliphatic rings. The molecule has 0 amide bonds. The molecule has 0 bridgehead atoms. The first kappa shape index (κ1) is 23.7. The Labute approximate surface area is 183 Å². The van der Waals surface area contributed by atoms with Gasteiger partial charge in [-0.15, -0.1) is 0 Å². The highest BCUT2D eigenvalue weighted by Crippen LogP contribution is 2.35. The Hall–Kier alpha value is -2.60. The normalized spacial score (nSPS) is 11.4. The van der Waals surface area contributed by atoms with Crippen molar-refractivity contribution in [2.24, 2.45) is 7.05 Å². The van der Waals surface area contributed by atoms with Crippen molar-refractivity contribution in [2.75, 3.05) is 5.75 Å². The molecule has 0 spiro atoms. The summed E-state index contributed by atoms with van der Waals surface area (Å²) in [5.74, 6) is 0.777. The summed E-state index contributed by atoms with van der Waals surface area (Å²) >= 11 is 1.74. The zero-order valence-corrected chi connectivity index (χ0v) is 19.0. The van der Waals surface area contributed by atoms with E-state index in [1.54, 1.807) is 42.5 Å². The molecule has 6 heteroatoms. The lowest BCUT2D eigenvalue weighted by molar-refractivity contribution is 0.620. The van der Waals surface area contributed by atoms with Gasteiger partial charge in [-0.3, -0.25) is 4.98 Å². The zero-order chi connectivity index (χ0) is 21.9. The van der Waals surface area contributed by atoms with Crippen molar-refractivity contribution in [1.29, 1.82) is 0 Å². The Bertz CT molecular complexity index is 907. The van der Waals surface area contributed by atoms with E-state index in [4.69, 9.17) is 4.98 Å². The van der Waals surface area contributed by atoms with Crippen LogP contribution >= 0.6 is 11.8 Å². The van der Waals surface area contributed by atoms with Gasteiger partial charge in [0, 0.05) is 42.4 Å². The minimum atomic E-state index is -0.240. The Balaban J connectivity index is 0.000000396. The molecule has 3 aromatic rings. The lowest BCUT2D eigenvalue weighted by Gasteiger charge is -2.07. The van der Waals surface area contributed by atoms with Crippen LogP contribution < -0.4 is 5.32 Å². The van der Waals surface area contributed by atoms with Gasteiger partial charge >= 0.3 is 0 Å². The molecule has 1 N–H and O–H groups in total. The van der Waals surface area contributed by atoms with Crippen molar-refractivity contribution in [1.82, 2.24) is 19.9 Å². The van der Waals surface area contributed by atoms with E-state index in [0.717, 1.165) is 46.3 Å². The van der Waals surface area contributed by atoms with Gasteiger partial charge in [0.15, 0.2) is 5.16 Å². The fraction of sp³-hybridized carbons (Fsp3) is 0.333. The first-order valence-electron chi connectivity index (χ1n) is 10.2. The van der Waals surface area contributed by atoms with Crippen LogP contribution in [-0.4, -0.2) is 26.3 Å². The number of imidazole rings is 1. The zero-order valence-electron chi connectivity index (χ0n) is 18.2. The van der Waals surface area contributed by atoms with Gasteiger partial charge in [-0.25, -0.2) is 9.37 Å². The van der Waals surface area contributed by atoms with Gasteiger partial charge in [0.05, 0.1) is 11.4 Å². The summed E-state index contributed by atoms with van der Waals surface area (Å²) in [6.45, 7) is 9.96. The van der Waals surface area contributed by atoms with Crippen molar-refractivity contribution in [3.8, 4) is 22.5 Å². The average Bonchev–Trinajstić information content (AvgIpc) is 3.10. The molecule has 1 aromatic carbocycles. The fourth-order valence-corrected chi connectivity index (χ4v) is 3.60. The summed E-state index contributed by atoms with van der Waals surface area (Å²) in [5, 5.41) is 4.03. The first-order valence-corrected chi connectivity index (χ1v) is 11.2. The van der Waals surface area contributed by atoms with E-state index in [2.05, 4.69) is 42.2 Å². The third kappa shape index (κ3) is 6.46. The van der Waals surface area contributed by atoms with Gasteiger partial charge in [-0.1, -0.05) is 32.2 Å². The molecule has 1 atom stereocenters. The lowest BCUT2D eigenvalue weighted by Crippen LogP contribution is -2.17. The summed E-state index contributed by atoms with van der Waals surface area (Å²) in [5.41, 5.74) is 3.87. The van der Waals surface area contributed by atoms with Crippen molar-refractivity contribution >= 4 is 11.8 Å². The topological polar surface area (TPSA) is 42.7 Å². The quantitative estimate of drug-likeness (QED) is 0.429. The standard InChI is InChI=1S/C18H18FN3S.C6H13N/c1-3-12-23-18-21-16(13-4-6-15(19)7-5-13)17(22(18)2)14-8-10-20-11-9-14;1-4-6(3)7-5-2/h4-11H,3,12H2,1-2H3;5-7H,2,4H2,1,3H3. The van der Waals surface area contributed by atoms with Crippen LogP contribution in [0.25, 0.3) is 22.5 Å². The maximum Gasteiger partial charge on any atom is 0.168 e. The van der Waals surface area contributed by atoms with Gasteiger partial charge in [-0.05, 0) is 62.4 Å². The van der Waals surface area contributed by atoms with Crippen molar-refractivity contribution < 1.29 is 4.39 Å². The number of pyridine rings is 1. The third-order valence-corrected chi connectivity index (χ3v) is 5.81. The molecule has 1 unspecified atom stereocenters. The smallest absolute Gasteiger partial charge is 0.168 e. The molecule has 0 fully saturated rings. The summed E-state index contributed by atoms with van der Waals surface area (Å²) in [6.07, 6.45) is 7.53. The molecule has 2 aromatic heterocycles. The lowest BCUT2D eigenvalue weighted by atomic mass is 10.1. The van der Waals surface area contributed by atoms with Crippen LogP contribution in [0.15, 0.2) is 66.7 Å². The second-order valence-electron chi connectivity index (χ2n) is 6.92. The molecule has 0 aliphatic heterocycles. The number of nitrogens with zero attached hydrogens (tertiary/aromatic N) is 3.